The van der Waals surface area contributed by atoms with Crippen LogP contribution in [0.1, 0.15) is 76.3 Å². The van der Waals surface area contributed by atoms with Crippen molar-refractivity contribution in [2.75, 3.05) is 18.4 Å². The molecule has 0 spiro atoms. The van der Waals surface area contributed by atoms with Crippen molar-refractivity contribution in [2.24, 2.45) is 5.92 Å². The Morgan fingerprint density at radius 2 is 1.71 bits per heavy atom. The van der Waals surface area contributed by atoms with Crippen LogP contribution < -0.4 is 5.32 Å². The van der Waals surface area contributed by atoms with Gasteiger partial charge in [-0.1, -0.05) is 39.8 Å². The fourth-order valence-electron chi connectivity index (χ4n) is 3.73. The van der Waals surface area contributed by atoms with Crippen molar-refractivity contribution in [2.45, 2.75) is 71.3 Å². The van der Waals surface area contributed by atoms with E-state index < -0.39 is 0 Å². The largest absolute Gasteiger partial charge is 0.326 e. The van der Waals surface area contributed by atoms with Gasteiger partial charge in [-0.15, -0.1) is 0 Å². The zero-order valence-electron chi connectivity index (χ0n) is 15.6. The summed E-state index contributed by atoms with van der Waals surface area (Å²) in [5, 5.41) is 3.23. The molecular formula is C21H32N2O. The first-order chi connectivity index (χ1) is 11.5. The van der Waals surface area contributed by atoms with Crippen molar-refractivity contribution in [3.63, 3.8) is 0 Å². The molecule has 1 aliphatic heterocycles. The fourth-order valence-corrected chi connectivity index (χ4v) is 3.73. The van der Waals surface area contributed by atoms with E-state index >= 15 is 0 Å². The van der Waals surface area contributed by atoms with Gasteiger partial charge in [-0.3, -0.25) is 4.79 Å². The summed E-state index contributed by atoms with van der Waals surface area (Å²) < 4.78 is 0. The summed E-state index contributed by atoms with van der Waals surface area (Å²) in [6.45, 7) is 11.0. The molecular weight excluding hydrogens is 296 g/mol. The van der Waals surface area contributed by atoms with Crippen molar-refractivity contribution >= 4 is 11.6 Å². The second-order valence-electron chi connectivity index (χ2n) is 8.19. The Morgan fingerprint density at radius 1 is 1.04 bits per heavy atom. The zero-order valence-corrected chi connectivity index (χ0v) is 15.6. The Morgan fingerprint density at radius 3 is 2.25 bits per heavy atom. The van der Waals surface area contributed by atoms with Gasteiger partial charge in [0.2, 0.25) is 5.91 Å². The number of piperidine rings is 1. The third kappa shape index (κ3) is 4.00. The van der Waals surface area contributed by atoms with E-state index in [2.05, 4.69) is 56.1 Å². The number of hydrogen-bond acceptors (Lipinski definition) is 2. The average Bonchev–Trinajstić information content (AvgIpc) is 3.39. The van der Waals surface area contributed by atoms with E-state index in [0.717, 1.165) is 37.7 Å². The maximum atomic E-state index is 12.7. The maximum Gasteiger partial charge on any atom is 0.227 e. The van der Waals surface area contributed by atoms with E-state index in [9.17, 15) is 4.79 Å². The van der Waals surface area contributed by atoms with E-state index in [1.165, 1.54) is 24.0 Å². The van der Waals surface area contributed by atoms with Gasteiger partial charge >= 0.3 is 0 Å². The maximum absolute atomic E-state index is 12.7. The minimum atomic E-state index is 0.171. The molecule has 132 valence electrons. The van der Waals surface area contributed by atoms with Gasteiger partial charge in [0, 0.05) is 17.6 Å². The number of hydrogen-bond donors (Lipinski definition) is 1. The van der Waals surface area contributed by atoms with Gasteiger partial charge in [0.15, 0.2) is 0 Å². The molecule has 2 aliphatic rings. The molecule has 0 unspecified atom stereocenters. The molecule has 0 atom stereocenters. The molecule has 1 aromatic carbocycles. The minimum absolute atomic E-state index is 0.171. The normalized spacial score (nSPS) is 19.9. The lowest BCUT2D eigenvalue weighted by Crippen LogP contribution is -2.39. The third-order valence-corrected chi connectivity index (χ3v) is 5.59. The number of nitrogens with one attached hydrogen (secondary N) is 1. The molecule has 1 aliphatic carbocycles. The van der Waals surface area contributed by atoms with Gasteiger partial charge in [-0.25, -0.2) is 0 Å². The first-order valence-electron chi connectivity index (χ1n) is 9.64. The highest BCUT2D eigenvalue weighted by Gasteiger charge is 2.33. The molecule has 3 rings (SSSR count). The van der Waals surface area contributed by atoms with Gasteiger partial charge in [0.1, 0.15) is 0 Å². The Balaban J connectivity index is 1.65. The number of rotatable bonds is 5. The van der Waals surface area contributed by atoms with Crippen LogP contribution in [0.5, 0.6) is 0 Å². The molecule has 1 N–H and O–H groups in total. The fraction of sp³-hybridized carbons (Fsp3) is 0.667. The molecule has 1 aromatic rings. The van der Waals surface area contributed by atoms with Gasteiger partial charge in [0.25, 0.3) is 0 Å². The van der Waals surface area contributed by atoms with Gasteiger partial charge < -0.3 is 10.2 Å². The molecule has 1 amide bonds. The van der Waals surface area contributed by atoms with Crippen molar-refractivity contribution in [3.05, 3.63) is 29.3 Å². The molecule has 1 saturated heterocycles. The van der Waals surface area contributed by atoms with Crippen molar-refractivity contribution in [1.29, 1.82) is 0 Å². The van der Waals surface area contributed by atoms with Crippen LogP contribution in [0, 0.1) is 5.92 Å². The number of nitrogens with zero attached hydrogens (tertiary/aromatic N) is 1. The lowest BCUT2D eigenvalue weighted by Gasteiger charge is -2.31. The SMILES string of the molecule is CC(C)c1ccc(NC(=O)C2CCN(C3CC3)CC2)c(C(C)C)c1. The van der Waals surface area contributed by atoms with Crippen LogP contribution in [0.3, 0.4) is 0 Å². The Labute approximate surface area is 146 Å². The Bertz CT molecular complexity index is 582. The number of benzene rings is 1. The molecule has 0 aromatic heterocycles. The molecule has 2 fully saturated rings. The van der Waals surface area contributed by atoms with Crippen LogP contribution >= 0.6 is 0 Å². The highest BCUT2D eigenvalue weighted by molar-refractivity contribution is 5.93. The summed E-state index contributed by atoms with van der Waals surface area (Å²) in [7, 11) is 0. The topological polar surface area (TPSA) is 32.3 Å². The van der Waals surface area contributed by atoms with Gasteiger partial charge in [-0.2, -0.15) is 0 Å². The highest BCUT2D eigenvalue weighted by Crippen LogP contribution is 2.32. The van der Waals surface area contributed by atoms with Crippen LogP contribution in [-0.2, 0) is 4.79 Å². The predicted molar refractivity (Wildman–Crippen MR) is 101 cm³/mol. The summed E-state index contributed by atoms with van der Waals surface area (Å²) in [4.78, 5) is 15.3. The summed E-state index contributed by atoms with van der Waals surface area (Å²) in [6.07, 6.45) is 4.72. The molecule has 3 nitrogen and oxygen atoms in total. The summed E-state index contributed by atoms with van der Waals surface area (Å²) in [5.41, 5.74) is 3.60. The number of anilines is 1. The monoisotopic (exact) mass is 328 g/mol. The number of carbonyl (C=O) groups excluding carboxylic acids is 1. The van der Waals surface area contributed by atoms with Crippen molar-refractivity contribution in [1.82, 2.24) is 4.90 Å². The van der Waals surface area contributed by atoms with Crippen molar-refractivity contribution < 1.29 is 4.79 Å². The van der Waals surface area contributed by atoms with Crippen LogP contribution in [0.15, 0.2) is 18.2 Å². The van der Waals surface area contributed by atoms with E-state index in [4.69, 9.17) is 0 Å². The number of likely N-dealkylation sites (tertiary alicyclic amines) is 1. The lowest BCUT2D eigenvalue weighted by molar-refractivity contribution is -0.121. The second-order valence-corrected chi connectivity index (χ2v) is 8.19. The van der Waals surface area contributed by atoms with E-state index in [1.807, 2.05) is 0 Å². The molecule has 0 bridgehead atoms. The summed E-state index contributed by atoms with van der Waals surface area (Å²) in [5.74, 6) is 1.31. The molecule has 1 saturated carbocycles. The zero-order chi connectivity index (χ0) is 17.3. The van der Waals surface area contributed by atoms with E-state index in [1.54, 1.807) is 0 Å². The number of carbonyl (C=O) groups is 1. The minimum Gasteiger partial charge on any atom is -0.326 e. The van der Waals surface area contributed by atoms with Gasteiger partial charge in [-0.05, 0) is 67.8 Å². The highest BCUT2D eigenvalue weighted by atomic mass is 16.1. The van der Waals surface area contributed by atoms with Crippen LogP contribution in [0.4, 0.5) is 5.69 Å². The first-order valence-corrected chi connectivity index (χ1v) is 9.64. The predicted octanol–water partition coefficient (Wildman–Crippen LogP) is 4.75. The van der Waals surface area contributed by atoms with Crippen LogP contribution in [-0.4, -0.2) is 29.9 Å². The molecule has 1 heterocycles. The summed E-state index contributed by atoms with van der Waals surface area (Å²) in [6, 6.07) is 7.34. The standard InChI is InChI=1S/C21H32N2O/c1-14(2)17-5-8-20(19(13-17)15(3)4)22-21(24)16-9-11-23(12-10-16)18-6-7-18/h5,8,13-16,18H,6-7,9-12H2,1-4H3,(H,22,24). The Kier molecular flexibility index (Phi) is 5.29. The number of amides is 1. The Hall–Kier alpha value is -1.35. The second kappa shape index (κ2) is 7.26. The molecule has 0 radical (unpaired) electrons. The average molecular weight is 329 g/mol. The first kappa shape index (κ1) is 17.5. The summed E-state index contributed by atoms with van der Waals surface area (Å²) >= 11 is 0. The van der Waals surface area contributed by atoms with Crippen LogP contribution in [0.25, 0.3) is 0 Å². The lowest BCUT2D eigenvalue weighted by atomic mass is 9.92. The molecule has 3 heteroatoms. The smallest absolute Gasteiger partial charge is 0.227 e. The third-order valence-electron chi connectivity index (χ3n) is 5.59. The molecule has 24 heavy (non-hydrogen) atoms. The van der Waals surface area contributed by atoms with Crippen LogP contribution in [0.2, 0.25) is 0 Å². The van der Waals surface area contributed by atoms with E-state index in [-0.39, 0.29) is 11.8 Å². The van der Waals surface area contributed by atoms with Crippen molar-refractivity contribution in [3.8, 4) is 0 Å². The van der Waals surface area contributed by atoms with Gasteiger partial charge in [0.05, 0.1) is 0 Å². The van der Waals surface area contributed by atoms with E-state index in [0.29, 0.717) is 11.8 Å². The quantitative estimate of drug-likeness (QED) is 0.846.